The normalized spacial score (nSPS) is 10.0. The summed E-state index contributed by atoms with van der Waals surface area (Å²) in [6.07, 6.45) is 0. The fourth-order valence-corrected chi connectivity index (χ4v) is 1.48. The Bertz CT molecular complexity index is 368. The van der Waals surface area contributed by atoms with Gasteiger partial charge in [-0.2, -0.15) is 0 Å². The van der Waals surface area contributed by atoms with E-state index >= 15 is 0 Å². The standard InChI is InChI=1S/C9H9BrClNO2/c1-3-14-9(13)6-4-7(10)5(2)12-8(6)11/h4H,3H2,1-2H3. The van der Waals surface area contributed by atoms with Gasteiger partial charge in [-0.25, -0.2) is 9.78 Å². The van der Waals surface area contributed by atoms with Crippen molar-refractivity contribution in [2.45, 2.75) is 13.8 Å². The second-order valence-electron chi connectivity index (χ2n) is 2.61. The third kappa shape index (κ3) is 2.45. The molecular weight excluding hydrogens is 269 g/mol. The van der Waals surface area contributed by atoms with E-state index in [0.29, 0.717) is 6.61 Å². The van der Waals surface area contributed by atoms with Gasteiger partial charge >= 0.3 is 5.97 Å². The molecule has 14 heavy (non-hydrogen) atoms. The van der Waals surface area contributed by atoms with Crippen LogP contribution in [-0.2, 0) is 4.74 Å². The molecule has 1 rings (SSSR count). The minimum absolute atomic E-state index is 0.171. The molecule has 0 unspecified atom stereocenters. The number of pyridine rings is 1. The van der Waals surface area contributed by atoms with Crippen LogP contribution in [0.5, 0.6) is 0 Å². The maximum Gasteiger partial charge on any atom is 0.341 e. The quantitative estimate of drug-likeness (QED) is 0.617. The molecule has 0 fully saturated rings. The number of esters is 1. The lowest BCUT2D eigenvalue weighted by atomic mass is 10.2. The number of aryl methyl sites for hydroxylation is 1. The van der Waals surface area contributed by atoms with E-state index in [1.54, 1.807) is 19.9 Å². The maximum atomic E-state index is 11.4. The number of rotatable bonds is 2. The smallest absolute Gasteiger partial charge is 0.341 e. The van der Waals surface area contributed by atoms with Crippen LogP contribution in [-0.4, -0.2) is 17.6 Å². The van der Waals surface area contributed by atoms with Crippen molar-refractivity contribution in [3.63, 3.8) is 0 Å². The Morgan fingerprint density at radius 1 is 1.71 bits per heavy atom. The Balaban J connectivity index is 3.09. The van der Waals surface area contributed by atoms with Crippen LogP contribution in [0.15, 0.2) is 10.5 Å². The summed E-state index contributed by atoms with van der Waals surface area (Å²) >= 11 is 9.07. The highest BCUT2D eigenvalue weighted by atomic mass is 79.9. The largest absolute Gasteiger partial charge is 0.462 e. The van der Waals surface area contributed by atoms with Gasteiger partial charge in [-0.15, -0.1) is 0 Å². The van der Waals surface area contributed by atoms with Gasteiger partial charge in [0.1, 0.15) is 5.15 Å². The van der Waals surface area contributed by atoms with Gasteiger partial charge in [0.25, 0.3) is 0 Å². The van der Waals surface area contributed by atoms with E-state index in [-0.39, 0.29) is 10.7 Å². The van der Waals surface area contributed by atoms with Crippen LogP contribution in [0.4, 0.5) is 0 Å². The Hall–Kier alpha value is -0.610. The molecule has 0 N–H and O–H groups in total. The van der Waals surface area contributed by atoms with Gasteiger partial charge in [0.2, 0.25) is 0 Å². The second-order valence-corrected chi connectivity index (χ2v) is 3.83. The van der Waals surface area contributed by atoms with Crippen LogP contribution in [0.1, 0.15) is 23.0 Å². The van der Waals surface area contributed by atoms with Crippen LogP contribution in [0, 0.1) is 6.92 Å². The number of aromatic nitrogens is 1. The fraction of sp³-hybridized carbons (Fsp3) is 0.333. The number of nitrogens with zero attached hydrogens (tertiary/aromatic N) is 1. The number of halogens is 2. The predicted octanol–water partition coefficient (Wildman–Crippen LogP) is 2.98. The first-order chi connectivity index (χ1) is 6.56. The molecule has 3 nitrogen and oxygen atoms in total. The lowest BCUT2D eigenvalue weighted by Crippen LogP contribution is -2.07. The van der Waals surface area contributed by atoms with Crippen LogP contribution in [0.25, 0.3) is 0 Å². The van der Waals surface area contributed by atoms with E-state index in [1.807, 2.05) is 0 Å². The van der Waals surface area contributed by atoms with Crippen LogP contribution >= 0.6 is 27.5 Å². The molecule has 0 aliphatic rings. The van der Waals surface area contributed by atoms with E-state index < -0.39 is 5.97 Å². The number of ether oxygens (including phenoxy) is 1. The lowest BCUT2D eigenvalue weighted by Gasteiger charge is -2.05. The second kappa shape index (κ2) is 4.75. The van der Waals surface area contributed by atoms with E-state index in [2.05, 4.69) is 20.9 Å². The van der Waals surface area contributed by atoms with Crippen molar-refractivity contribution >= 4 is 33.5 Å². The van der Waals surface area contributed by atoms with Gasteiger partial charge in [0, 0.05) is 4.47 Å². The minimum atomic E-state index is -0.453. The average Bonchev–Trinajstić information content (AvgIpc) is 2.11. The molecule has 1 aromatic rings. The molecule has 0 amide bonds. The van der Waals surface area contributed by atoms with Crippen LogP contribution in [0.3, 0.4) is 0 Å². The summed E-state index contributed by atoms with van der Waals surface area (Å²) in [5.41, 5.74) is 1.02. The SMILES string of the molecule is CCOC(=O)c1cc(Br)c(C)nc1Cl. The first-order valence-electron chi connectivity index (χ1n) is 4.06. The molecule has 1 aromatic heterocycles. The van der Waals surface area contributed by atoms with Gasteiger partial charge < -0.3 is 4.74 Å². The summed E-state index contributed by atoms with van der Waals surface area (Å²) in [4.78, 5) is 15.4. The minimum Gasteiger partial charge on any atom is -0.462 e. The highest BCUT2D eigenvalue weighted by Gasteiger charge is 2.14. The highest BCUT2D eigenvalue weighted by molar-refractivity contribution is 9.10. The summed E-state index contributed by atoms with van der Waals surface area (Å²) < 4.78 is 5.56. The summed E-state index contributed by atoms with van der Waals surface area (Å²) in [5.74, 6) is -0.453. The Labute approximate surface area is 95.6 Å². The molecule has 76 valence electrons. The summed E-state index contributed by atoms with van der Waals surface area (Å²) in [6, 6.07) is 1.61. The van der Waals surface area contributed by atoms with Gasteiger partial charge in [0.15, 0.2) is 0 Å². The number of hydrogen-bond donors (Lipinski definition) is 0. The Kier molecular flexibility index (Phi) is 3.89. The molecule has 0 atom stereocenters. The summed E-state index contributed by atoms with van der Waals surface area (Å²) in [5, 5.41) is 0.171. The van der Waals surface area contributed by atoms with E-state index in [9.17, 15) is 4.79 Å². The number of carbonyl (C=O) groups is 1. The molecule has 0 saturated carbocycles. The number of hydrogen-bond acceptors (Lipinski definition) is 3. The molecule has 0 radical (unpaired) electrons. The maximum absolute atomic E-state index is 11.4. The number of carbonyl (C=O) groups excluding carboxylic acids is 1. The van der Waals surface area contributed by atoms with Gasteiger partial charge in [-0.05, 0) is 35.8 Å². The van der Waals surface area contributed by atoms with Gasteiger partial charge in [-0.1, -0.05) is 11.6 Å². The zero-order valence-electron chi connectivity index (χ0n) is 7.80. The van der Waals surface area contributed by atoms with Crippen LogP contribution < -0.4 is 0 Å². The molecule has 1 heterocycles. The lowest BCUT2D eigenvalue weighted by molar-refractivity contribution is 0.0526. The molecule has 0 saturated heterocycles. The van der Waals surface area contributed by atoms with E-state index in [1.165, 1.54) is 0 Å². The van der Waals surface area contributed by atoms with Crippen molar-refractivity contribution in [1.82, 2.24) is 4.98 Å². The topological polar surface area (TPSA) is 39.2 Å². The molecule has 5 heteroatoms. The van der Waals surface area contributed by atoms with Crippen molar-refractivity contribution in [3.8, 4) is 0 Å². The summed E-state index contributed by atoms with van der Waals surface area (Å²) in [6.45, 7) is 3.86. The molecule has 0 aliphatic carbocycles. The first kappa shape index (κ1) is 11.5. The van der Waals surface area contributed by atoms with Crippen molar-refractivity contribution in [3.05, 3.63) is 26.9 Å². The molecule has 0 aromatic carbocycles. The third-order valence-electron chi connectivity index (χ3n) is 1.60. The molecular formula is C9H9BrClNO2. The monoisotopic (exact) mass is 277 g/mol. The third-order valence-corrected chi connectivity index (χ3v) is 2.69. The molecule has 0 aliphatic heterocycles. The van der Waals surface area contributed by atoms with Crippen molar-refractivity contribution < 1.29 is 9.53 Å². The van der Waals surface area contributed by atoms with E-state index in [4.69, 9.17) is 16.3 Å². The zero-order chi connectivity index (χ0) is 10.7. The predicted molar refractivity (Wildman–Crippen MR) is 57.6 cm³/mol. The Morgan fingerprint density at radius 2 is 2.36 bits per heavy atom. The van der Waals surface area contributed by atoms with Crippen LogP contribution in [0.2, 0.25) is 5.15 Å². The van der Waals surface area contributed by atoms with Crippen molar-refractivity contribution in [1.29, 1.82) is 0 Å². The van der Waals surface area contributed by atoms with E-state index in [0.717, 1.165) is 10.2 Å². The molecule has 0 bridgehead atoms. The van der Waals surface area contributed by atoms with Crippen molar-refractivity contribution in [2.24, 2.45) is 0 Å². The first-order valence-corrected chi connectivity index (χ1v) is 5.23. The fourth-order valence-electron chi connectivity index (χ4n) is 0.904. The van der Waals surface area contributed by atoms with Gasteiger partial charge in [-0.3, -0.25) is 0 Å². The zero-order valence-corrected chi connectivity index (χ0v) is 10.1. The Morgan fingerprint density at radius 3 is 2.93 bits per heavy atom. The average molecular weight is 279 g/mol. The molecule has 0 spiro atoms. The summed E-state index contributed by atoms with van der Waals surface area (Å²) in [7, 11) is 0. The highest BCUT2D eigenvalue weighted by Crippen LogP contribution is 2.22. The van der Waals surface area contributed by atoms with Crippen molar-refractivity contribution in [2.75, 3.05) is 6.61 Å². The van der Waals surface area contributed by atoms with Gasteiger partial charge in [0.05, 0.1) is 17.9 Å².